The van der Waals surface area contributed by atoms with Crippen molar-refractivity contribution in [2.24, 2.45) is 5.73 Å². The maximum Gasteiger partial charge on any atom is 0.230 e. The van der Waals surface area contributed by atoms with Gasteiger partial charge in [-0.1, -0.05) is 29.4 Å². The van der Waals surface area contributed by atoms with Gasteiger partial charge >= 0.3 is 0 Å². The van der Waals surface area contributed by atoms with Gasteiger partial charge in [0.15, 0.2) is 17.3 Å². The fourth-order valence-corrected chi connectivity index (χ4v) is 4.55. The van der Waals surface area contributed by atoms with E-state index in [0.717, 1.165) is 30.6 Å². The summed E-state index contributed by atoms with van der Waals surface area (Å²) in [6.45, 7) is 2.09. The van der Waals surface area contributed by atoms with E-state index in [0.29, 0.717) is 41.5 Å². The fourth-order valence-electron chi connectivity index (χ4n) is 4.55. The van der Waals surface area contributed by atoms with Gasteiger partial charge in [-0.25, -0.2) is 9.97 Å². The standard InChI is InChI=1S/C26H28N8O2/c1-29-13-16-3-5-17(6-4-16)19-12-21(36-34-19)23-24(27)32-14-20(33-23)18-7-10-31-22(11-18)26(25(28)35)8-2-9-30-15-26/h3-7,10-12,14,29-30H,2,8-9,13,15H2,1H3,(H2,27,32)(H2,28,35). The van der Waals surface area contributed by atoms with E-state index >= 15 is 0 Å². The van der Waals surface area contributed by atoms with E-state index in [1.165, 1.54) is 5.56 Å². The Bertz CT molecular complexity index is 1380. The Hall–Kier alpha value is -4.15. The van der Waals surface area contributed by atoms with Crippen LogP contribution >= 0.6 is 0 Å². The van der Waals surface area contributed by atoms with Crippen LogP contribution in [0.3, 0.4) is 0 Å². The van der Waals surface area contributed by atoms with Crippen molar-refractivity contribution >= 4 is 11.7 Å². The third-order valence-corrected chi connectivity index (χ3v) is 6.58. The van der Waals surface area contributed by atoms with Crippen LogP contribution in [0.15, 0.2) is 59.4 Å². The monoisotopic (exact) mass is 484 g/mol. The summed E-state index contributed by atoms with van der Waals surface area (Å²) >= 11 is 0. The molecule has 6 N–H and O–H groups in total. The summed E-state index contributed by atoms with van der Waals surface area (Å²) in [7, 11) is 1.91. The second-order valence-electron chi connectivity index (χ2n) is 8.95. The van der Waals surface area contributed by atoms with Crippen LogP contribution in [0.4, 0.5) is 5.82 Å². The minimum atomic E-state index is -0.860. The summed E-state index contributed by atoms with van der Waals surface area (Å²) in [6.07, 6.45) is 4.73. The molecule has 0 radical (unpaired) electrons. The molecule has 0 saturated carbocycles. The molecular formula is C26H28N8O2. The van der Waals surface area contributed by atoms with E-state index < -0.39 is 11.3 Å². The molecule has 5 rings (SSSR count). The molecule has 1 aliphatic heterocycles. The maximum absolute atomic E-state index is 12.5. The number of primary amides is 1. The number of amides is 1. The lowest BCUT2D eigenvalue weighted by Crippen LogP contribution is -2.52. The van der Waals surface area contributed by atoms with Gasteiger partial charge in [-0.15, -0.1) is 0 Å². The van der Waals surface area contributed by atoms with Gasteiger partial charge in [-0.2, -0.15) is 0 Å². The van der Waals surface area contributed by atoms with E-state index in [2.05, 4.69) is 25.8 Å². The van der Waals surface area contributed by atoms with Crippen LogP contribution in [0.1, 0.15) is 24.1 Å². The summed E-state index contributed by atoms with van der Waals surface area (Å²) in [4.78, 5) is 26.0. The number of carbonyl (C=O) groups excluding carboxylic acids is 1. The van der Waals surface area contributed by atoms with Crippen molar-refractivity contribution in [1.29, 1.82) is 0 Å². The number of rotatable bonds is 7. The molecule has 1 fully saturated rings. The first-order valence-electron chi connectivity index (χ1n) is 11.8. The molecule has 10 nitrogen and oxygen atoms in total. The molecule has 0 aliphatic carbocycles. The third-order valence-electron chi connectivity index (χ3n) is 6.58. The van der Waals surface area contributed by atoms with Crippen LogP contribution in [-0.4, -0.2) is 46.2 Å². The molecular weight excluding hydrogens is 456 g/mol. The van der Waals surface area contributed by atoms with E-state index in [9.17, 15) is 4.79 Å². The normalized spacial score (nSPS) is 17.7. The highest BCUT2D eigenvalue weighted by atomic mass is 16.5. The van der Waals surface area contributed by atoms with Gasteiger partial charge in [0.2, 0.25) is 5.91 Å². The first kappa shape index (κ1) is 23.6. The van der Waals surface area contributed by atoms with Crippen LogP contribution in [-0.2, 0) is 16.8 Å². The number of nitrogen functional groups attached to an aromatic ring is 1. The number of carbonyl (C=O) groups is 1. The van der Waals surface area contributed by atoms with Gasteiger partial charge in [0.25, 0.3) is 0 Å². The zero-order valence-corrected chi connectivity index (χ0v) is 20.0. The predicted molar refractivity (Wildman–Crippen MR) is 136 cm³/mol. The molecule has 36 heavy (non-hydrogen) atoms. The number of piperidine rings is 1. The molecule has 1 amide bonds. The van der Waals surface area contributed by atoms with Gasteiger partial charge in [0.1, 0.15) is 11.1 Å². The topological polar surface area (TPSA) is 158 Å². The Morgan fingerprint density at radius 2 is 1.97 bits per heavy atom. The lowest BCUT2D eigenvalue weighted by atomic mass is 9.76. The molecule has 10 heteroatoms. The summed E-state index contributed by atoms with van der Waals surface area (Å²) in [5, 5.41) is 10.6. The smallest absolute Gasteiger partial charge is 0.230 e. The Morgan fingerprint density at radius 3 is 2.69 bits per heavy atom. The molecule has 3 aromatic heterocycles. The molecule has 1 atom stereocenters. The zero-order valence-electron chi connectivity index (χ0n) is 20.0. The lowest BCUT2D eigenvalue weighted by Gasteiger charge is -2.34. The maximum atomic E-state index is 12.5. The van der Waals surface area contributed by atoms with Crippen LogP contribution in [0.2, 0.25) is 0 Å². The van der Waals surface area contributed by atoms with Crippen molar-refractivity contribution in [2.45, 2.75) is 24.8 Å². The quantitative estimate of drug-likeness (QED) is 0.309. The van der Waals surface area contributed by atoms with Crippen molar-refractivity contribution in [3.8, 4) is 34.0 Å². The largest absolute Gasteiger partial charge is 0.382 e. The number of hydrogen-bond donors (Lipinski definition) is 4. The Balaban J connectivity index is 1.47. The molecule has 1 aliphatic rings. The first-order chi connectivity index (χ1) is 17.5. The fraction of sp³-hybridized carbons (Fsp3) is 0.269. The second kappa shape index (κ2) is 9.84. The summed E-state index contributed by atoms with van der Waals surface area (Å²) in [5.41, 5.74) is 16.2. The number of hydrogen-bond acceptors (Lipinski definition) is 9. The summed E-state index contributed by atoms with van der Waals surface area (Å²) in [5.74, 6) is 0.248. The molecule has 1 saturated heterocycles. The number of benzene rings is 1. The molecule has 1 unspecified atom stereocenters. The van der Waals surface area contributed by atoms with E-state index in [1.807, 2.05) is 43.4 Å². The zero-order chi connectivity index (χ0) is 25.1. The van der Waals surface area contributed by atoms with Crippen molar-refractivity contribution < 1.29 is 9.32 Å². The first-order valence-corrected chi connectivity index (χ1v) is 11.8. The van der Waals surface area contributed by atoms with Crippen molar-refractivity contribution in [3.63, 3.8) is 0 Å². The second-order valence-corrected chi connectivity index (χ2v) is 8.95. The van der Waals surface area contributed by atoms with Gasteiger partial charge in [-0.05, 0) is 44.1 Å². The molecule has 0 spiro atoms. The van der Waals surface area contributed by atoms with Gasteiger partial charge in [0, 0.05) is 36.5 Å². The molecule has 0 bridgehead atoms. The molecule has 4 heterocycles. The lowest BCUT2D eigenvalue weighted by molar-refractivity contribution is -0.124. The van der Waals surface area contributed by atoms with Crippen LogP contribution in [0.25, 0.3) is 34.0 Å². The highest BCUT2D eigenvalue weighted by Crippen LogP contribution is 2.33. The van der Waals surface area contributed by atoms with Gasteiger partial charge < -0.3 is 26.6 Å². The number of anilines is 1. The minimum Gasteiger partial charge on any atom is -0.382 e. The number of pyridine rings is 1. The van der Waals surface area contributed by atoms with Gasteiger partial charge in [0.05, 0.1) is 17.6 Å². The molecule has 1 aromatic carbocycles. The van der Waals surface area contributed by atoms with Crippen LogP contribution in [0, 0.1) is 0 Å². The molecule has 184 valence electrons. The van der Waals surface area contributed by atoms with E-state index in [-0.39, 0.29) is 5.82 Å². The summed E-state index contributed by atoms with van der Waals surface area (Å²) < 4.78 is 5.59. The van der Waals surface area contributed by atoms with Crippen molar-refractivity contribution in [1.82, 2.24) is 30.7 Å². The Labute approximate surface area is 208 Å². The number of nitrogens with one attached hydrogen (secondary N) is 2. The van der Waals surface area contributed by atoms with Crippen LogP contribution in [0.5, 0.6) is 0 Å². The Morgan fingerprint density at radius 1 is 1.14 bits per heavy atom. The third kappa shape index (κ3) is 4.43. The van der Waals surface area contributed by atoms with Crippen molar-refractivity contribution in [2.75, 3.05) is 25.9 Å². The van der Waals surface area contributed by atoms with E-state index in [1.54, 1.807) is 18.5 Å². The number of nitrogens with zero attached hydrogens (tertiary/aromatic N) is 4. The molecule has 4 aromatic rings. The number of nitrogens with two attached hydrogens (primary N) is 2. The van der Waals surface area contributed by atoms with E-state index in [4.69, 9.17) is 21.0 Å². The SMILES string of the molecule is CNCc1ccc(-c2cc(-c3nc(-c4ccnc(C5(C(N)=O)CCCNC5)c4)cnc3N)on2)cc1. The Kier molecular flexibility index (Phi) is 6.45. The highest BCUT2D eigenvalue weighted by Gasteiger charge is 2.41. The minimum absolute atomic E-state index is 0.227. The average molecular weight is 485 g/mol. The van der Waals surface area contributed by atoms with Gasteiger partial charge in [-0.3, -0.25) is 9.78 Å². The van der Waals surface area contributed by atoms with Crippen LogP contribution < -0.4 is 22.1 Å². The predicted octanol–water partition coefficient (Wildman–Crippen LogP) is 2.27. The average Bonchev–Trinajstić information content (AvgIpc) is 3.40. The van der Waals surface area contributed by atoms with Crippen molar-refractivity contribution in [3.05, 3.63) is 66.1 Å². The highest BCUT2D eigenvalue weighted by molar-refractivity contribution is 5.87. The number of aromatic nitrogens is 4. The summed E-state index contributed by atoms with van der Waals surface area (Å²) in [6, 6.07) is 13.5.